The molecule has 0 amide bonds. The summed E-state index contributed by atoms with van der Waals surface area (Å²) in [6, 6.07) is 4.04. The van der Waals surface area contributed by atoms with E-state index in [0.717, 1.165) is 11.6 Å². The normalized spacial score (nSPS) is 12.6. The number of benzene rings is 1. The standard InChI is InChI=1S/C17H23F3OSi/c1-7-8-9-13-10-11-14(17(18,19)20)15(12-13)21-22(5,6)16(2,3)4/h10-12H,9H2,1-6H3. The van der Waals surface area contributed by atoms with Crippen molar-refractivity contribution in [3.05, 3.63) is 29.3 Å². The van der Waals surface area contributed by atoms with Crippen molar-refractivity contribution >= 4 is 8.32 Å². The summed E-state index contributed by atoms with van der Waals surface area (Å²) < 4.78 is 45.5. The van der Waals surface area contributed by atoms with Crippen molar-refractivity contribution in [2.45, 2.75) is 58.4 Å². The number of hydrogen-bond donors (Lipinski definition) is 0. The smallest absolute Gasteiger partial charge is 0.419 e. The number of rotatable bonds is 3. The molecule has 0 bridgehead atoms. The monoisotopic (exact) mass is 328 g/mol. The van der Waals surface area contributed by atoms with Crippen molar-refractivity contribution < 1.29 is 17.6 Å². The molecule has 0 unspecified atom stereocenters. The Bertz CT molecular complexity index is 587. The quantitative estimate of drug-likeness (QED) is 0.514. The molecule has 5 heteroatoms. The van der Waals surface area contributed by atoms with E-state index in [9.17, 15) is 13.2 Å². The first-order valence-electron chi connectivity index (χ1n) is 7.17. The van der Waals surface area contributed by atoms with E-state index in [1.54, 1.807) is 6.92 Å². The van der Waals surface area contributed by atoms with Crippen LogP contribution in [0.3, 0.4) is 0 Å². The van der Waals surface area contributed by atoms with Crippen LogP contribution in [-0.4, -0.2) is 8.32 Å². The van der Waals surface area contributed by atoms with Crippen molar-refractivity contribution in [3.63, 3.8) is 0 Å². The van der Waals surface area contributed by atoms with Crippen LogP contribution in [0.25, 0.3) is 0 Å². The molecule has 0 saturated heterocycles. The van der Waals surface area contributed by atoms with Gasteiger partial charge in [0, 0.05) is 6.42 Å². The predicted octanol–water partition coefficient (Wildman–Crippen LogP) is 5.66. The Morgan fingerprint density at radius 1 is 1.14 bits per heavy atom. The molecular formula is C17H23F3OSi. The minimum atomic E-state index is -4.42. The number of alkyl halides is 3. The maximum Gasteiger partial charge on any atom is 0.419 e. The largest absolute Gasteiger partial charge is 0.543 e. The molecule has 0 fully saturated rings. The third-order valence-electron chi connectivity index (χ3n) is 3.99. The molecule has 1 aromatic carbocycles. The third-order valence-corrected chi connectivity index (χ3v) is 8.33. The molecule has 22 heavy (non-hydrogen) atoms. The Kier molecular flexibility index (Phi) is 5.40. The molecular weight excluding hydrogens is 305 g/mol. The summed E-state index contributed by atoms with van der Waals surface area (Å²) >= 11 is 0. The second-order valence-corrected chi connectivity index (χ2v) is 11.5. The lowest BCUT2D eigenvalue weighted by atomic mass is 10.1. The Balaban J connectivity index is 3.30. The highest BCUT2D eigenvalue weighted by atomic mass is 28.4. The molecule has 0 atom stereocenters. The highest BCUT2D eigenvalue weighted by molar-refractivity contribution is 6.74. The molecule has 1 aromatic rings. The molecule has 0 N–H and O–H groups in total. The highest BCUT2D eigenvalue weighted by Gasteiger charge is 2.42. The molecule has 0 heterocycles. The summed E-state index contributed by atoms with van der Waals surface area (Å²) in [6.07, 6.45) is -4.00. The van der Waals surface area contributed by atoms with Gasteiger partial charge in [-0.25, -0.2) is 0 Å². The molecule has 0 aromatic heterocycles. The summed E-state index contributed by atoms with van der Waals surface area (Å²) in [4.78, 5) is 0. The van der Waals surface area contributed by atoms with Crippen LogP contribution in [0.15, 0.2) is 18.2 Å². The van der Waals surface area contributed by atoms with Gasteiger partial charge in [0.1, 0.15) is 5.75 Å². The summed E-state index contributed by atoms with van der Waals surface area (Å²) in [5, 5.41) is -0.172. The topological polar surface area (TPSA) is 9.23 Å². The third kappa shape index (κ3) is 4.54. The van der Waals surface area contributed by atoms with E-state index < -0.39 is 20.1 Å². The van der Waals surface area contributed by atoms with Crippen LogP contribution >= 0.6 is 0 Å². The maximum atomic E-state index is 13.2. The molecule has 0 radical (unpaired) electrons. The van der Waals surface area contributed by atoms with Crippen LogP contribution in [0.5, 0.6) is 5.75 Å². The van der Waals surface area contributed by atoms with Gasteiger partial charge in [-0.1, -0.05) is 32.8 Å². The van der Waals surface area contributed by atoms with E-state index in [1.165, 1.54) is 12.1 Å². The fourth-order valence-electron chi connectivity index (χ4n) is 1.61. The van der Waals surface area contributed by atoms with Crippen molar-refractivity contribution in [1.82, 2.24) is 0 Å². The second-order valence-electron chi connectivity index (χ2n) is 6.79. The van der Waals surface area contributed by atoms with Gasteiger partial charge in [-0.15, -0.1) is 5.92 Å². The fourth-order valence-corrected chi connectivity index (χ4v) is 2.64. The second kappa shape index (κ2) is 6.37. The van der Waals surface area contributed by atoms with Gasteiger partial charge in [-0.05, 0) is 42.8 Å². The van der Waals surface area contributed by atoms with Crippen molar-refractivity contribution in [1.29, 1.82) is 0 Å². The predicted molar refractivity (Wildman–Crippen MR) is 86.4 cm³/mol. The highest BCUT2D eigenvalue weighted by Crippen LogP contribution is 2.42. The van der Waals surface area contributed by atoms with Crippen LogP contribution in [0.2, 0.25) is 18.1 Å². The molecule has 1 nitrogen and oxygen atoms in total. The Labute approximate surface area is 132 Å². The fraction of sp³-hybridized carbons (Fsp3) is 0.529. The maximum absolute atomic E-state index is 13.2. The number of halogens is 3. The lowest BCUT2D eigenvalue weighted by molar-refractivity contribution is -0.138. The zero-order chi connectivity index (χ0) is 17.2. The van der Waals surface area contributed by atoms with Crippen LogP contribution in [0.4, 0.5) is 13.2 Å². The Morgan fingerprint density at radius 3 is 2.18 bits per heavy atom. The van der Waals surface area contributed by atoms with Crippen LogP contribution in [0.1, 0.15) is 38.8 Å². The molecule has 122 valence electrons. The molecule has 0 aliphatic heterocycles. The zero-order valence-electron chi connectivity index (χ0n) is 14.0. The van der Waals surface area contributed by atoms with E-state index in [0.29, 0.717) is 6.42 Å². The lowest BCUT2D eigenvalue weighted by Crippen LogP contribution is -2.44. The minimum Gasteiger partial charge on any atom is -0.543 e. The van der Waals surface area contributed by atoms with E-state index >= 15 is 0 Å². The van der Waals surface area contributed by atoms with Crippen molar-refractivity contribution in [2.75, 3.05) is 0 Å². The van der Waals surface area contributed by atoms with Gasteiger partial charge in [-0.3, -0.25) is 0 Å². The number of hydrogen-bond acceptors (Lipinski definition) is 1. The first kappa shape index (κ1) is 18.6. The van der Waals surface area contributed by atoms with E-state index in [2.05, 4.69) is 11.8 Å². The van der Waals surface area contributed by atoms with Crippen LogP contribution in [-0.2, 0) is 12.6 Å². The lowest BCUT2D eigenvalue weighted by Gasteiger charge is -2.37. The van der Waals surface area contributed by atoms with E-state index in [1.807, 2.05) is 33.9 Å². The van der Waals surface area contributed by atoms with E-state index in [4.69, 9.17) is 4.43 Å². The molecule has 1 rings (SSSR count). The molecule has 0 saturated carbocycles. The van der Waals surface area contributed by atoms with Crippen molar-refractivity contribution in [3.8, 4) is 17.6 Å². The van der Waals surface area contributed by atoms with Crippen LogP contribution in [0, 0.1) is 11.8 Å². The van der Waals surface area contributed by atoms with Gasteiger partial charge in [0.15, 0.2) is 0 Å². The van der Waals surface area contributed by atoms with Gasteiger partial charge < -0.3 is 4.43 Å². The molecule has 0 spiro atoms. The Morgan fingerprint density at radius 2 is 1.73 bits per heavy atom. The molecule has 0 aliphatic carbocycles. The Hall–Kier alpha value is -1.41. The summed E-state index contributed by atoms with van der Waals surface area (Å²) in [5.41, 5.74) is 0.0154. The average molecular weight is 328 g/mol. The van der Waals surface area contributed by atoms with Crippen LogP contribution < -0.4 is 4.43 Å². The summed E-state index contributed by atoms with van der Waals surface area (Å²) in [6.45, 7) is 11.6. The summed E-state index contributed by atoms with van der Waals surface area (Å²) in [5.74, 6) is 5.54. The van der Waals surface area contributed by atoms with Gasteiger partial charge in [-0.2, -0.15) is 13.2 Å². The summed E-state index contributed by atoms with van der Waals surface area (Å²) in [7, 11) is -2.35. The van der Waals surface area contributed by atoms with Gasteiger partial charge >= 0.3 is 6.18 Å². The SMILES string of the molecule is CC#CCc1ccc(C(F)(F)F)c(O[Si](C)(C)C(C)(C)C)c1. The van der Waals surface area contributed by atoms with Crippen molar-refractivity contribution in [2.24, 2.45) is 0 Å². The van der Waals surface area contributed by atoms with Gasteiger partial charge in [0.05, 0.1) is 5.56 Å². The zero-order valence-corrected chi connectivity index (χ0v) is 15.0. The average Bonchev–Trinajstić information content (AvgIpc) is 2.33. The van der Waals surface area contributed by atoms with Gasteiger partial charge in [0.2, 0.25) is 8.32 Å². The first-order chi connectivity index (χ1) is 9.88. The van der Waals surface area contributed by atoms with Gasteiger partial charge in [0.25, 0.3) is 0 Å². The first-order valence-corrected chi connectivity index (χ1v) is 10.1. The molecule has 0 aliphatic rings. The minimum absolute atomic E-state index is 0.0745. The van der Waals surface area contributed by atoms with E-state index in [-0.39, 0.29) is 10.8 Å².